The van der Waals surface area contributed by atoms with Gasteiger partial charge in [0.05, 0.1) is 0 Å². The van der Waals surface area contributed by atoms with Crippen molar-refractivity contribution < 1.29 is 9.53 Å². The second kappa shape index (κ2) is 12.4. The summed E-state index contributed by atoms with van der Waals surface area (Å²) in [6, 6.07) is 6.47. The Hall–Kier alpha value is -0.620. The van der Waals surface area contributed by atoms with Gasteiger partial charge in [0.15, 0.2) is 0 Å². The summed E-state index contributed by atoms with van der Waals surface area (Å²) in [5, 5.41) is 3.92. The van der Waals surface area contributed by atoms with Crippen molar-refractivity contribution in [3.63, 3.8) is 0 Å². The second-order valence-electron chi connectivity index (χ2n) is 9.09. The van der Waals surface area contributed by atoms with Crippen LogP contribution in [0.5, 0.6) is 0 Å². The van der Waals surface area contributed by atoms with E-state index in [1.54, 1.807) is 7.11 Å². The molecule has 1 aromatic rings. The van der Waals surface area contributed by atoms with Crippen LogP contribution >= 0.6 is 27.5 Å². The first-order valence-corrected chi connectivity index (χ1v) is 12.6. The Kier molecular flexibility index (Phi) is 9.95. The Morgan fingerprint density at radius 3 is 2.60 bits per heavy atom. The maximum Gasteiger partial charge on any atom is 0.246 e. The summed E-state index contributed by atoms with van der Waals surface area (Å²) in [5.41, 5.74) is 1.34. The topological polar surface area (TPSA) is 41.6 Å². The molecule has 1 aromatic carbocycles. The summed E-state index contributed by atoms with van der Waals surface area (Å²) in [6.45, 7) is 3.85. The van der Waals surface area contributed by atoms with E-state index in [0.29, 0.717) is 6.04 Å². The van der Waals surface area contributed by atoms with E-state index in [9.17, 15) is 4.79 Å². The van der Waals surface area contributed by atoms with Gasteiger partial charge in [0.25, 0.3) is 0 Å². The standard InChI is InChI=1S/C24H36BrClN2O2/c1-30-17-24(29)27-22-7-4-18(5-8-22)3-2-12-28-13-10-19(11-14-28)15-20-16-21(26)6-9-23(20)25/h6,9,16,18-19,22H,2-5,7-8,10-15,17H2,1H3,(H,27,29). The number of hydrogen-bond acceptors (Lipinski definition) is 3. The smallest absolute Gasteiger partial charge is 0.246 e. The lowest BCUT2D eigenvalue weighted by Gasteiger charge is -2.33. The van der Waals surface area contributed by atoms with Gasteiger partial charge in [0.1, 0.15) is 6.61 Å². The predicted octanol–water partition coefficient (Wildman–Crippen LogP) is 5.46. The molecule has 1 N–H and O–H groups in total. The van der Waals surface area contributed by atoms with Gasteiger partial charge < -0.3 is 15.0 Å². The number of benzene rings is 1. The first kappa shape index (κ1) is 24.0. The highest BCUT2D eigenvalue weighted by atomic mass is 79.9. The maximum atomic E-state index is 11.6. The third kappa shape index (κ3) is 7.81. The second-order valence-corrected chi connectivity index (χ2v) is 10.4. The summed E-state index contributed by atoms with van der Waals surface area (Å²) >= 11 is 9.84. The predicted molar refractivity (Wildman–Crippen MR) is 127 cm³/mol. The molecule has 0 unspecified atom stereocenters. The molecular formula is C24H36BrClN2O2. The number of piperidine rings is 1. The van der Waals surface area contributed by atoms with Gasteiger partial charge in [-0.05, 0) is 113 Å². The van der Waals surface area contributed by atoms with E-state index in [1.165, 1.54) is 68.2 Å². The highest BCUT2D eigenvalue weighted by Gasteiger charge is 2.23. The zero-order chi connectivity index (χ0) is 21.3. The molecule has 1 aliphatic carbocycles. The van der Waals surface area contributed by atoms with E-state index in [1.807, 2.05) is 6.07 Å². The normalized spacial score (nSPS) is 23.4. The molecule has 2 aliphatic rings. The fraction of sp³-hybridized carbons (Fsp3) is 0.708. The highest BCUT2D eigenvalue weighted by Crippen LogP contribution is 2.30. The Labute approximate surface area is 195 Å². The number of halogens is 2. The zero-order valence-corrected chi connectivity index (χ0v) is 20.5. The Morgan fingerprint density at radius 1 is 1.17 bits per heavy atom. The molecule has 1 heterocycles. The molecule has 1 amide bonds. The third-order valence-corrected chi connectivity index (χ3v) is 7.81. The van der Waals surface area contributed by atoms with Gasteiger partial charge >= 0.3 is 0 Å². The minimum absolute atomic E-state index is 0.0204. The monoisotopic (exact) mass is 498 g/mol. The average molecular weight is 500 g/mol. The highest BCUT2D eigenvalue weighted by molar-refractivity contribution is 9.10. The van der Waals surface area contributed by atoms with Crippen molar-refractivity contribution in [3.8, 4) is 0 Å². The van der Waals surface area contributed by atoms with Gasteiger partial charge in [-0.1, -0.05) is 27.5 Å². The number of nitrogens with zero attached hydrogens (tertiary/aromatic N) is 1. The Balaban J connectivity index is 1.28. The number of rotatable bonds is 9. The molecule has 2 fully saturated rings. The van der Waals surface area contributed by atoms with Gasteiger partial charge in [-0.25, -0.2) is 0 Å². The van der Waals surface area contributed by atoms with E-state index in [2.05, 4.69) is 38.3 Å². The van der Waals surface area contributed by atoms with Crippen LogP contribution in [0.4, 0.5) is 0 Å². The molecule has 168 valence electrons. The van der Waals surface area contributed by atoms with Crippen molar-refractivity contribution in [1.29, 1.82) is 0 Å². The van der Waals surface area contributed by atoms with Gasteiger partial charge in [-0.2, -0.15) is 0 Å². The molecule has 1 saturated carbocycles. The zero-order valence-electron chi connectivity index (χ0n) is 18.2. The lowest BCUT2D eigenvalue weighted by Crippen LogP contribution is -2.39. The number of hydrogen-bond donors (Lipinski definition) is 1. The number of ether oxygens (including phenoxy) is 1. The van der Waals surface area contributed by atoms with Crippen molar-refractivity contribution >= 4 is 33.4 Å². The van der Waals surface area contributed by atoms with E-state index >= 15 is 0 Å². The molecule has 1 saturated heterocycles. The fourth-order valence-corrected chi connectivity index (χ4v) is 5.63. The molecule has 1 aliphatic heterocycles. The number of carbonyl (C=O) groups is 1. The van der Waals surface area contributed by atoms with Crippen molar-refractivity contribution in [2.45, 2.75) is 63.8 Å². The van der Waals surface area contributed by atoms with E-state index < -0.39 is 0 Å². The molecule has 0 atom stereocenters. The third-order valence-electron chi connectivity index (χ3n) is 6.80. The average Bonchev–Trinajstić information content (AvgIpc) is 2.73. The molecule has 0 spiro atoms. The summed E-state index contributed by atoms with van der Waals surface area (Å²) in [4.78, 5) is 14.3. The lowest BCUT2D eigenvalue weighted by molar-refractivity contribution is -0.125. The first-order valence-electron chi connectivity index (χ1n) is 11.5. The summed E-state index contributed by atoms with van der Waals surface area (Å²) < 4.78 is 6.08. The molecule has 6 heteroatoms. The van der Waals surface area contributed by atoms with Crippen LogP contribution in [0.1, 0.15) is 56.9 Å². The number of likely N-dealkylation sites (tertiary alicyclic amines) is 1. The minimum Gasteiger partial charge on any atom is -0.375 e. The Morgan fingerprint density at radius 2 is 1.90 bits per heavy atom. The summed E-state index contributed by atoms with van der Waals surface area (Å²) in [6.07, 6.45) is 11.0. The van der Waals surface area contributed by atoms with Crippen LogP contribution in [0.25, 0.3) is 0 Å². The van der Waals surface area contributed by atoms with Crippen molar-refractivity contribution in [2.24, 2.45) is 11.8 Å². The van der Waals surface area contributed by atoms with Crippen LogP contribution in [0.2, 0.25) is 5.02 Å². The maximum absolute atomic E-state index is 11.6. The largest absolute Gasteiger partial charge is 0.375 e. The lowest BCUT2D eigenvalue weighted by atomic mass is 9.83. The molecule has 3 rings (SSSR count). The summed E-state index contributed by atoms with van der Waals surface area (Å²) in [7, 11) is 1.57. The van der Waals surface area contributed by atoms with Crippen molar-refractivity contribution in [2.75, 3.05) is 33.4 Å². The molecular weight excluding hydrogens is 464 g/mol. The van der Waals surface area contributed by atoms with Gasteiger partial charge in [0, 0.05) is 22.6 Å². The van der Waals surface area contributed by atoms with E-state index in [0.717, 1.165) is 36.1 Å². The molecule has 30 heavy (non-hydrogen) atoms. The van der Waals surface area contributed by atoms with Crippen LogP contribution in [0.3, 0.4) is 0 Å². The van der Waals surface area contributed by atoms with Gasteiger partial charge in [-0.15, -0.1) is 0 Å². The van der Waals surface area contributed by atoms with Crippen LogP contribution in [-0.2, 0) is 16.0 Å². The Bertz CT molecular complexity index is 671. The van der Waals surface area contributed by atoms with E-state index in [4.69, 9.17) is 16.3 Å². The van der Waals surface area contributed by atoms with Crippen molar-refractivity contribution in [3.05, 3.63) is 33.3 Å². The SMILES string of the molecule is COCC(=O)NC1CCC(CCCN2CCC(Cc3cc(Cl)ccc3Br)CC2)CC1. The number of amides is 1. The minimum atomic E-state index is 0.0204. The van der Waals surface area contributed by atoms with Crippen LogP contribution in [0, 0.1) is 11.8 Å². The number of carbonyl (C=O) groups excluding carboxylic acids is 1. The molecule has 0 bridgehead atoms. The van der Waals surface area contributed by atoms with Crippen LogP contribution < -0.4 is 5.32 Å². The molecule has 4 nitrogen and oxygen atoms in total. The molecule has 0 aromatic heterocycles. The van der Waals surface area contributed by atoms with Crippen LogP contribution in [-0.4, -0.2) is 50.2 Å². The first-order chi connectivity index (χ1) is 14.5. The fourth-order valence-electron chi connectivity index (χ4n) is 5.02. The van der Waals surface area contributed by atoms with Crippen LogP contribution in [0.15, 0.2) is 22.7 Å². The summed E-state index contributed by atoms with van der Waals surface area (Å²) in [5.74, 6) is 1.62. The van der Waals surface area contributed by atoms with Gasteiger partial charge in [-0.3, -0.25) is 4.79 Å². The molecule has 0 radical (unpaired) electrons. The number of methoxy groups -OCH3 is 1. The van der Waals surface area contributed by atoms with Crippen molar-refractivity contribution in [1.82, 2.24) is 10.2 Å². The quantitative estimate of drug-likeness (QED) is 0.490. The number of nitrogens with one attached hydrogen (secondary N) is 1. The van der Waals surface area contributed by atoms with Gasteiger partial charge in [0.2, 0.25) is 5.91 Å². The van der Waals surface area contributed by atoms with E-state index in [-0.39, 0.29) is 12.5 Å².